The Kier molecular flexibility index (Phi) is 4.59. The molecule has 0 aromatic heterocycles. The average molecular weight is 295 g/mol. The molecule has 2 N–H and O–H groups in total. The molecule has 1 aliphatic rings. The standard InChI is InChI=1S/C18H21N3O/c22-18(20-16-6-2-1-3-7-16)19-14-15-8-10-17(11-9-15)21-12-4-5-13-21/h1-3,6-11H,4-5,12-14H2,(H2,19,20,22). The number of urea groups is 1. The first-order valence-corrected chi connectivity index (χ1v) is 7.75. The summed E-state index contributed by atoms with van der Waals surface area (Å²) in [5, 5.41) is 5.68. The summed E-state index contributed by atoms with van der Waals surface area (Å²) in [4.78, 5) is 14.2. The van der Waals surface area contributed by atoms with E-state index in [0.717, 1.165) is 24.3 Å². The Morgan fingerprint density at radius 2 is 1.64 bits per heavy atom. The maximum Gasteiger partial charge on any atom is 0.319 e. The van der Waals surface area contributed by atoms with Gasteiger partial charge in [-0.15, -0.1) is 0 Å². The Bertz CT molecular complexity index is 604. The Balaban J connectivity index is 1.49. The van der Waals surface area contributed by atoms with Crippen LogP contribution in [-0.2, 0) is 6.54 Å². The third-order valence-corrected chi connectivity index (χ3v) is 3.89. The number of hydrogen-bond donors (Lipinski definition) is 2. The van der Waals surface area contributed by atoms with Crippen LogP contribution in [0.15, 0.2) is 54.6 Å². The number of nitrogens with one attached hydrogen (secondary N) is 2. The molecule has 3 rings (SSSR count). The maximum atomic E-state index is 11.8. The molecule has 0 atom stereocenters. The minimum atomic E-state index is -0.185. The summed E-state index contributed by atoms with van der Waals surface area (Å²) in [7, 11) is 0. The van der Waals surface area contributed by atoms with E-state index in [1.54, 1.807) is 0 Å². The van der Waals surface area contributed by atoms with E-state index in [4.69, 9.17) is 0 Å². The van der Waals surface area contributed by atoms with Crippen molar-refractivity contribution in [2.24, 2.45) is 0 Å². The Hall–Kier alpha value is -2.49. The molecule has 4 heteroatoms. The molecule has 114 valence electrons. The monoisotopic (exact) mass is 295 g/mol. The summed E-state index contributed by atoms with van der Waals surface area (Å²) in [5.74, 6) is 0. The van der Waals surface area contributed by atoms with Crippen LogP contribution in [0.5, 0.6) is 0 Å². The van der Waals surface area contributed by atoms with Crippen LogP contribution in [0, 0.1) is 0 Å². The van der Waals surface area contributed by atoms with Gasteiger partial charge in [-0.2, -0.15) is 0 Å². The van der Waals surface area contributed by atoms with Gasteiger partial charge in [0.05, 0.1) is 0 Å². The molecule has 1 aliphatic heterocycles. The summed E-state index contributed by atoms with van der Waals surface area (Å²) >= 11 is 0. The van der Waals surface area contributed by atoms with Crippen molar-refractivity contribution in [1.82, 2.24) is 5.32 Å². The molecule has 1 saturated heterocycles. The molecule has 4 nitrogen and oxygen atoms in total. The van der Waals surface area contributed by atoms with Gasteiger partial charge in [0, 0.05) is 31.0 Å². The minimum Gasteiger partial charge on any atom is -0.372 e. The first-order valence-electron chi connectivity index (χ1n) is 7.75. The SMILES string of the molecule is O=C(NCc1ccc(N2CCCC2)cc1)Nc1ccccc1. The molecule has 2 aromatic carbocycles. The van der Waals surface area contributed by atoms with Crippen LogP contribution < -0.4 is 15.5 Å². The number of rotatable bonds is 4. The van der Waals surface area contributed by atoms with Gasteiger partial charge in [0.2, 0.25) is 0 Å². The normalized spacial score (nSPS) is 13.9. The molecule has 1 heterocycles. The van der Waals surface area contributed by atoms with E-state index in [2.05, 4.69) is 39.8 Å². The van der Waals surface area contributed by atoms with Crippen molar-refractivity contribution in [2.75, 3.05) is 23.3 Å². The highest BCUT2D eigenvalue weighted by atomic mass is 16.2. The van der Waals surface area contributed by atoms with Gasteiger partial charge >= 0.3 is 6.03 Å². The molecule has 0 bridgehead atoms. The lowest BCUT2D eigenvalue weighted by atomic mass is 10.2. The van der Waals surface area contributed by atoms with Gasteiger partial charge in [0.15, 0.2) is 0 Å². The van der Waals surface area contributed by atoms with Crippen molar-refractivity contribution in [1.29, 1.82) is 0 Å². The van der Waals surface area contributed by atoms with E-state index in [-0.39, 0.29) is 6.03 Å². The summed E-state index contributed by atoms with van der Waals surface area (Å²) < 4.78 is 0. The van der Waals surface area contributed by atoms with Crippen molar-refractivity contribution in [2.45, 2.75) is 19.4 Å². The number of nitrogens with zero attached hydrogens (tertiary/aromatic N) is 1. The largest absolute Gasteiger partial charge is 0.372 e. The van der Waals surface area contributed by atoms with Gasteiger partial charge in [-0.25, -0.2) is 4.79 Å². The lowest BCUT2D eigenvalue weighted by molar-refractivity contribution is 0.251. The summed E-state index contributed by atoms with van der Waals surface area (Å²) in [6.45, 7) is 2.83. The highest BCUT2D eigenvalue weighted by molar-refractivity contribution is 5.89. The number of carbonyl (C=O) groups is 1. The van der Waals surface area contributed by atoms with Gasteiger partial charge in [0.1, 0.15) is 0 Å². The van der Waals surface area contributed by atoms with E-state index in [0.29, 0.717) is 6.54 Å². The van der Waals surface area contributed by atoms with Crippen LogP contribution in [0.4, 0.5) is 16.2 Å². The van der Waals surface area contributed by atoms with Gasteiger partial charge in [-0.3, -0.25) is 0 Å². The quantitative estimate of drug-likeness (QED) is 0.905. The van der Waals surface area contributed by atoms with Crippen molar-refractivity contribution in [3.05, 3.63) is 60.2 Å². The zero-order valence-corrected chi connectivity index (χ0v) is 12.6. The fourth-order valence-corrected chi connectivity index (χ4v) is 2.68. The topological polar surface area (TPSA) is 44.4 Å². The molecule has 0 spiro atoms. The second-order valence-electron chi connectivity index (χ2n) is 5.53. The molecule has 2 amide bonds. The van der Waals surface area contributed by atoms with Crippen LogP contribution >= 0.6 is 0 Å². The van der Waals surface area contributed by atoms with Crippen molar-refractivity contribution in [3.8, 4) is 0 Å². The third kappa shape index (κ3) is 3.79. The first kappa shape index (κ1) is 14.4. The van der Waals surface area contributed by atoms with Gasteiger partial charge < -0.3 is 15.5 Å². The lowest BCUT2D eigenvalue weighted by Crippen LogP contribution is -2.28. The fraction of sp³-hybridized carbons (Fsp3) is 0.278. The van der Waals surface area contributed by atoms with Crippen LogP contribution in [0.25, 0.3) is 0 Å². The Morgan fingerprint density at radius 1 is 0.955 bits per heavy atom. The van der Waals surface area contributed by atoms with Gasteiger partial charge in [0.25, 0.3) is 0 Å². The zero-order valence-electron chi connectivity index (χ0n) is 12.6. The molecule has 1 fully saturated rings. The number of para-hydroxylation sites is 1. The van der Waals surface area contributed by atoms with Crippen LogP contribution in [0.3, 0.4) is 0 Å². The third-order valence-electron chi connectivity index (χ3n) is 3.89. The second kappa shape index (κ2) is 6.98. The molecule has 0 aliphatic carbocycles. The molecule has 0 saturated carbocycles. The zero-order chi connectivity index (χ0) is 15.2. The smallest absolute Gasteiger partial charge is 0.319 e. The molecule has 2 aromatic rings. The second-order valence-corrected chi connectivity index (χ2v) is 5.53. The van der Waals surface area contributed by atoms with E-state index >= 15 is 0 Å². The number of hydrogen-bond acceptors (Lipinski definition) is 2. The number of amides is 2. The van der Waals surface area contributed by atoms with E-state index in [1.165, 1.54) is 18.5 Å². The average Bonchev–Trinajstić information content (AvgIpc) is 3.09. The number of benzene rings is 2. The molecule has 0 unspecified atom stereocenters. The van der Waals surface area contributed by atoms with Crippen molar-refractivity contribution < 1.29 is 4.79 Å². The maximum absolute atomic E-state index is 11.8. The molecular weight excluding hydrogens is 274 g/mol. The van der Waals surface area contributed by atoms with E-state index in [1.807, 2.05) is 30.3 Å². The Morgan fingerprint density at radius 3 is 2.32 bits per heavy atom. The van der Waals surface area contributed by atoms with Gasteiger partial charge in [-0.05, 0) is 42.7 Å². The van der Waals surface area contributed by atoms with E-state index in [9.17, 15) is 4.79 Å². The summed E-state index contributed by atoms with van der Waals surface area (Å²) in [6, 6.07) is 17.7. The predicted octanol–water partition coefficient (Wildman–Crippen LogP) is 3.61. The Labute approximate surface area is 131 Å². The van der Waals surface area contributed by atoms with Crippen LogP contribution in [0.1, 0.15) is 18.4 Å². The predicted molar refractivity (Wildman–Crippen MR) is 90.2 cm³/mol. The van der Waals surface area contributed by atoms with Crippen molar-refractivity contribution in [3.63, 3.8) is 0 Å². The molecule has 0 radical (unpaired) electrons. The highest BCUT2D eigenvalue weighted by Gasteiger charge is 2.11. The van der Waals surface area contributed by atoms with Crippen LogP contribution in [-0.4, -0.2) is 19.1 Å². The minimum absolute atomic E-state index is 0.185. The lowest BCUT2D eigenvalue weighted by Gasteiger charge is -2.17. The fourth-order valence-electron chi connectivity index (χ4n) is 2.68. The molecular formula is C18H21N3O. The molecule has 22 heavy (non-hydrogen) atoms. The summed E-state index contributed by atoms with van der Waals surface area (Å²) in [5.41, 5.74) is 3.17. The number of anilines is 2. The highest BCUT2D eigenvalue weighted by Crippen LogP contribution is 2.20. The first-order chi connectivity index (χ1) is 10.8. The van der Waals surface area contributed by atoms with Gasteiger partial charge in [-0.1, -0.05) is 30.3 Å². The van der Waals surface area contributed by atoms with Crippen LogP contribution in [0.2, 0.25) is 0 Å². The van der Waals surface area contributed by atoms with Crippen molar-refractivity contribution >= 4 is 17.4 Å². The summed E-state index contributed by atoms with van der Waals surface area (Å²) in [6.07, 6.45) is 2.56. The number of carbonyl (C=O) groups excluding carboxylic acids is 1. The van der Waals surface area contributed by atoms with E-state index < -0.39 is 0 Å².